The van der Waals surface area contributed by atoms with Crippen molar-refractivity contribution in [3.63, 3.8) is 0 Å². The summed E-state index contributed by atoms with van der Waals surface area (Å²) < 4.78 is 11.5. The van der Waals surface area contributed by atoms with Crippen LogP contribution in [0.15, 0.2) is 23.6 Å². The molecule has 1 saturated heterocycles. The van der Waals surface area contributed by atoms with Gasteiger partial charge in [0.2, 0.25) is 0 Å². The molecule has 4 rings (SSSR count). The summed E-state index contributed by atoms with van der Waals surface area (Å²) in [5.41, 5.74) is 2.16. The van der Waals surface area contributed by atoms with Gasteiger partial charge < -0.3 is 14.8 Å². The van der Waals surface area contributed by atoms with E-state index in [1.807, 2.05) is 6.07 Å². The first-order chi connectivity index (χ1) is 10.9. The van der Waals surface area contributed by atoms with E-state index in [0.29, 0.717) is 12.5 Å². The molecular formula is C17H20N2O2S. The minimum Gasteiger partial charge on any atom is -0.490 e. The molecule has 116 valence electrons. The van der Waals surface area contributed by atoms with Crippen LogP contribution in [0.4, 0.5) is 0 Å². The minimum atomic E-state index is 0.611. The van der Waals surface area contributed by atoms with Crippen LogP contribution in [0.25, 0.3) is 11.3 Å². The number of nitrogens with one attached hydrogen (secondary N) is 1. The largest absolute Gasteiger partial charge is 0.490 e. The molecule has 22 heavy (non-hydrogen) atoms. The van der Waals surface area contributed by atoms with Crippen LogP contribution in [0.1, 0.15) is 30.2 Å². The molecule has 1 fully saturated rings. The van der Waals surface area contributed by atoms with Crippen LogP contribution in [0.3, 0.4) is 0 Å². The standard InChI is InChI=1S/C17H20N2O2S/c1-8-20-15-3-2-13(10-16(15)21-9-1)14-11-22-17(19-14)12-4-6-18-7-5-12/h2-3,10-12,18H,1,4-9H2. The van der Waals surface area contributed by atoms with Crippen LogP contribution >= 0.6 is 11.3 Å². The van der Waals surface area contributed by atoms with Crippen molar-refractivity contribution in [1.82, 2.24) is 10.3 Å². The lowest BCUT2D eigenvalue weighted by Gasteiger charge is -2.20. The summed E-state index contributed by atoms with van der Waals surface area (Å²) in [6, 6.07) is 6.14. The van der Waals surface area contributed by atoms with Crippen LogP contribution in [0.2, 0.25) is 0 Å². The Bertz CT molecular complexity index is 650. The van der Waals surface area contributed by atoms with Gasteiger partial charge in [-0.15, -0.1) is 11.3 Å². The molecule has 0 radical (unpaired) electrons. The van der Waals surface area contributed by atoms with Crippen LogP contribution in [-0.2, 0) is 0 Å². The van der Waals surface area contributed by atoms with E-state index in [9.17, 15) is 0 Å². The Morgan fingerprint density at radius 2 is 1.91 bits per heavy atom. The summed E-state index contributed by atoms with van der Waals surface area (Å²) in [6.45, 7) is 3.64. The van der Waals surface area contributed by atoms with Gasteiger partial charge in [-0.1, -0.05) is 0 Å². The zero-order valence-electron chi connectivity index (χ0n) is 12.5. The minimum absolute atomic E-state index is 0.611. The molecule has 3 heterocycles. The monoisotopic (exact) mass is 316 g/mol. The van der Waals surface area contributed by atoms with Crippen molar-refractivity contribution >= 4 is 11.3 Å². The van der Waals surface area contributed by atoms with Crippen molar-refractivity contribution in [1.29, 1.82) is 0 Å². The summed E-state index contributed by atoms with van der Waals surface area (Å²) in [7, 11) is 0. The number of aromatic nitrogens is 1. The molecule has 1 aromatic heterocycles. The van der Waals surface area contributed by atoms with E-state index < -0.39 is 0 Å². The summed E-state index contributed by atoms with van der Waals surface area (Å²) in [5.74, 6) is 2.29. The molecule has 0 unspecified atom stereocenters. The zero-order chi connectivity index (χ0) is 14.8. The van der Waals surface area contributed by atoms with E-state index in [1.165, 1.54) is 17.8 Å². The second-order valence-electron chi connectivity index (χ2n) is 5.81. The van der Waals surface area contributed by atoms with Crippen LogP contribution < -0.4 is 14.8 Å². The molecule has 5 heteroatoms. The van der Waals surface area contributed by atoms with Gasteiger partial charge in [0, 0.05) is 23.3 Å². The zero-order valence-corrected chi connectivity index (χ0v) is 13.3. The third kappa shape index (κ3) is 2.83. The number of hydrogen-bond acceptors (Lipinski definition) is 5. The Morgan fingerprint density at radius 3 is 2.77 bits per heavy atom. The van der Waals surface area contributed by atoms with Crippen molar-refractivity contribution in [2.75, 3.05) is 26.3 Å². The first-order valence-electron chi connectivity index (χ1n) is 7.96. The first-order valence-corrected chi connectivity index (χ1v) is 8.84. The van der Waals surface area contributed by atoms with Crippen molar-refractivity contribution in [2.45, 2.75) is 25.2 Å². The third-order valence-corrected chi connectivity index (χ3v) is 5.26. The van der Waals surface area contributed by atoms with E-state index in [0.717, 1.165) is 48.9 Å². The Morgan fingerprint density at radius 1 is 1.09 bits per heavy atom. The second kappa shape index (κ2) is 6.26. The molecule has 0 saturated carbocycles. The highest BCUT2D eigenvalue weighted by atomic mass is 32.1. The number of rotatable bonds is 2. The number of benzene rings is 1. The Labute approximate surface area is 134 Å². The predicted molar refractivity (Wildman–Crippen MR) is 88.0 cm³/mol. The fourth-order valence-corrected chi connectivity index (χ4v) is 4.00. The molecule has 0 aliphatic carbocycles. The summed E-state index contributed by atoms with van der Waals surface area (Å²) in [5, 5.41) is 6.84. The lowest BCUT2D eigenvalue weighted by atomic mass is 9.99. The lowest BCUT2D eigenvalue weighted by molar-refractivity contribution is 0.297. The lowest BCUT2D eigenvalue weighted by Crippen LogP contribution is -2.26. The van der Waals surface area contributed by atoms with E-state index in [1.54, 1.807) is 11.3 Å². The van der Waals surface area contributed by atoms with Gasteiger partial charge in [0.15, 0.2) is 11.5 Å². The van der Waals surface area contributed by atoms with Gasteiger partial charge in [0.25, 0.3) is 0 Å². The van der Waals surface area contributed by atoms with Gasteiger partial charge >= 0.3 is 0 Å². The maximum absolute atomic E-state index is 5.78. The van der Waals surface area contributed by atoms with Crippen LogP contribution in [0, 0.1) is 0 Å². The Hall–Kier alpha value is -1.59. The average Bonchev–Trinajstić information content (AvgIpc) is 2.95. The highest BCUT2D eigenvalue weighted by Crippen LogP contribution is 2.36. The fourth-order valence-electron chi connectivity index (χ4n) is 3.00. The maximum atomic E-state index is 5.78. The average molecular weight is 316 g/mol. The second-order valence-corrected chi connectivity index (χ2v) is 6.70. The normalized spacial score (nSPS) is 18.9. The first kappa shape index (κ1) is 14.0. The number of nitrogens with zero attached hydrogens (tertiary/aromatic N) is 1. The molecule has 2 aromatic rings. The number of hydrogen-bond donors (Lipinski definition) is 1. The van der Waals surface area contributed by atoms with Crippen LogP contribution in [-0.4, -0.2) is 31.3 Å². The summed E-state index contributed by atoms with van der Waals surface area (Å²) in [6.07, 6.45) is 3.31. The summed E-state index contributed by atoms with van der Waals surface area (Å²) in [4.78, 5) is 4.87. The molecule has 1 N–H and O–H groups in total. The highest BCUT2D eigenvalue weighted by molar-refractivity contribution is 7.10. The Balaban J connectivity index is 1.59. The third-order valence-electron chi connectivity index (χ3n) is 4.25. The Kier molecular flexibility index (Phi) is 3.99. The number of thiazole rings is 1. The van der Waals surface area contributed by atoms with Crippen molar-refractivity contribution in [3.8, 4) is 22.8 Å². The predicted octanol–water partition coefficient (Wildman–Crippen LogP) is 3.44. The van der Waals surface area contributed by atoms with E-state index in [4.69, 9.17) is 14.5 Å². The molecular weight excluding hydrogens is 296 g/mol. The van der Waals surface area contributed by atoms with Gasteiger partial charge in [0.1, 0.15) is 0 Å². The molecule has 1 aromatic carbocycles. The van der Waals surface area contributed by atoms with Crippen molar-refractivity contribution < 1.29 is 9.47 Å². The molecule has 2 aliphatic heterocycles. The van der Waals surface area contributed by atoms with Gasteiger partial charge in [0.05, 0.1) is 23.9 Å². The molecule has 0 spiro atoms. The topological polar surface area (TPSA) is 43.4 Å². The smallest absolute Gasteiger partial charge is 0.161 e. The molecule has 0 atom stereocenters. The van der Waals surface area contributed by atoms with Crippen molar-refractivity contribution in [3.05, 3.63) is 28.6 Å². The molecule has 4 nitrogen and oxygen atoms in total. The van der Waals surface area contributed by atoms with Gasteiger partial charge in [-0.05, 0) is 44.1 Å². The number of piperidine rings is 1. The SMILES string of the molecule is c1cc2c(cc1-c1csc(C3CCNCC3)n1)OCCCO2. The molecule has 2 aliphatic rings. The molecule has 0 bridgehead atoms. The quantitative estimate of drug-likeness (QED) is 0.922. The fraction of sp³-hybridized carbons (Fsp3) is 0.471. The van der Waals surface area contributed by atoms with Gasteiger partial charge in [-0.2, -0.15) is 0 Å². The summed E-state index contributed by atoms with van der Waals surface area (Å²) >= 11 is 1.78. The van der Waals surface area contributed by atoms with E-state index >= 15 is 0 Å². The highest BCUT2D eigenvalue weighted by Gasteiger charge is 2.19. The van der Waals surface area contributed by atoms with Crippen molar-refractivity contribution in [2.24, 2.45) is 0 Å². The molecule has 0 amide bonds. The van der Waals surface area contributed by atoms with E-state index in [-0.39, 0.29) is 0 Å². The van der Waals surface area contributed by atoms with Gasteiger partial charge in [-0.3, -0.25) is 0 Å². The van der Waals surface area contributed by atoms with Gasteiger partial charge in [-0.25, -0.2) is 4.98 Å². The number of ether oxygens (including phenoxy) is 2. The number of fused-ring (bicyclic) bond motifs is 1. The van der Waals surface area contributed by atoms with Crippen LogP contribution in [0.5, 0.6) is 11.5 Å². The van der Waals surface area contributed by atoms with E-state index in [2.05, 4.69) is 22.8 Å². The maximum Gasteiger partial charge on any atom is 0.161 e.